The molecule has 4 nitrogen and oxygen atoms in total. The molecule has 1 aromatic rings. The Labute approximate surface area is 175 Å². The van der Waals surface area contributed by atoms with E-state index in [9.17, 15) is 9.59 Å². The highest BCUT2D eigenvalue weighted by Crippen LogP contribution is 2.25. The van der Waals surface area contributed by atoms with Gasteiger partial charge >= 0.3 is 5.97 Å². The van der Waals surface area contributed by atoms with Gasteiger partial charge in [0.25, 0.3) is 0 Å². The number of aliphatic carboxylic acids is 1. The number of carbonyl (C=O) groups excluding carboxylic acids is 1. The number of nitrogens with zero attached hydrogens (tertiary/aromatic N) is 1. The Morgan fingerprint density at radius 2 is 1.57 bits per heavy atom. The van der Waals surface area contributed by atoms with Crippen molar-refractivity contribution in [3.63, 3.8) is 0 Å². The maximum absolute atomic E-state index is 13.2. The number of unbranched alkanes of at least 4 members (excludes halogenated alkanes) is 4. The fraction of sp³-hybridized carbons (Fsp3) is 0.652. The zero-order chi connectivity index (χ0) is 20.8. The van der Waals surface area contributed by atoms with Gasteiger partial charge in [0.15, 0.2) is 0 Å². The molecule has 28 heavy (non-hydrogen) atoms. The maximum atomic E-state index is 13.2. The summed E-state index contributed by atoms with van der Waals surface area (Å²) in [4.78, 5) is 27.5. The van der Waals surface area contributed by atoms with E-state index in [-0.39, 0.29) is 18.2 Å². The molecule has 158 valence electrons. The highest BCUT2D eigenvalue weighted by atomic mass is 32.2. The van der Waals surface area contributed by atoms with Crippen molar-refractivity contribution in [2.75, 3.05) is 18.8 Å². The maximum Gasteiger partial charge on any atom is 0.303 e. The van der Waals surface area contributed by atoms with Crippen molar-refractivity contribution < 1.29 is 14.7 Å². The fourth-order valence-electron chi connectivity index (χ4n) is 3.10. The number of carbonyl (C=O) groups is 2. The van der Waals surface area contributed by atoms with Crippen molar-refractivity contribution in [1.29, 1.82) is 0 Å². The molecule has 1 aromatic carbocycles. The van der Waals surface area contributed by atoms with E-state index >= 15 is 0 Å². The first-order valence-electron chi connectivity index (χ1n) is 10.7. The molecule has 0 radical (unpaired) electrons. The van der Waals surface area contributed by atoms with Gasteiger partial charge in [-0.15, -0.1) is 11.8 Å². The zero-order valence-corrected chi connectivity index (χ0v) is 18.6. The van der Waals surface area contributed by atoms with Crippen molar-refractivity contribution in [3.8, 4) is 0 Å². The number of carboxylic acids is 1. The summed E-state index contributed by atoms with van der Waals surface area (Å²) in [5.41, 5.74) is 1.21. The molecule has 0 heterocycles. The van der Waals surface area contributed by atoms with Gasteiger partial charge in [-0.3, -0.25) is 9.59 Å². The average Bonchev–Trinajstić information content (AvgIpc) is 2.67. The average molecular weight is 408 g/mol. The summed E-state index contributed by atoms with van der Waals surface area (Å²) in [6, 6.07) is 8.27. The molecule has 1 amide bonds. The Kier molecular flexibility index (Phi) is 12.7. The van der Waals surface area contributed by atoms with Crippen LogP contribution in [0.2, 0.25) is 0 Å². The Bertz CT molecular complexity index is 564. The minimum absolute atomic E-state index is 0.0443. The number of aryl methyl sites for hydroxylation is 1. The first-order valence-corrected chi connectivity index (χ1v) is 11.7. The van der Waals surface area contributed by atoms with Crippen LogP contribution in [0.5, 0.6) is 0 Å². The Hall–Kier alpha value is -1.49. The topological polar surface area (TPSA) is 57.6 Å². The third-order valence-corrected chi connectivity index (χ3v) is 6.08. The second-order valence-electron chi connectivity index (χ2n) is 7.49. The lowest BCUT2D eigenvalue weighted by molar-refractivity contribution is -0.138. The minimum atomic E-state index is -0.832. The number of carboxylic acid groups (broad SMARTS) is 1. The molecule has 1 rings (SSSR count). The lowest BCUT2D eigenvalue weighted by Crippen LogP contribution is -2.39. The van der Waals surface area contributed by atoms with E-state index in [1.807, 2.05) is 4.90 Å². The van der Waals surface area contributed by atoms with E-state index in [2.05, 4.69) is 45.0 Å². The van der Waals surface area contributed by atoms with Gasteiger partial charge in [-0.25, -0.2) is 0 Å². The Balaban J connectivity index is 2.78. The van der Waals surface area contributed by atoms with Gasteiger partial charge in [0.2, 0.25) is 5.91 Å². The summed E-state index contributed by atoms with van der Waals surface area (Å²) in [7, 11) is 0. The number of rotatable bonds is 15. The SMILES string of the molecule is CCCCCN(CCCCC)C(=O)C(CCC(=O)O)CSc1ccc(C)cc1. The molecule has 1 N–H and O–H groups in total. The zero-order valence-electron chi connectivity index (χ0n) is 17.8. The van der Waals surface area contributed by atoms with Crippen molar-refractivity contribution in [1.82, 2.24) is 4.90 Å². The summed E-state index contributed by atoms with van der Waals surface area (Å²) >= 11 is 1.65. The summed E-state index contributed by atoms with van der Waals surface area (Å²) in [6.45, 7) is 7.96. The molecule has 0 bridgehead atoms. The lowest BCUT2D eigenvalue weighted by Gasteiger charge is -2.27. The molecule has 0 spiro atoms. The highest BCUT2D eigenvalue weighted by Gasteiger charge is 2.25. The van der Waals surface area contributed by atoms with Crippen LogP contribution in [0.3, 0.4) is 0 Å². The molecule has 0 aliphatic heterocycles. The number of thioether (sulfide) groups is 1. The summed E-state index contributed by atoms with van der Waals surface area (Å²) in [5, 5.41) is 9.11. The van der Waals surface area contributed by atoms with Gasteiger partial charge in [-0.05, 0) is 38.3 Å². The van der Waals surface area contributed by atoms with Crippen LogP contribution >= 0.6 is 11.8 Å². The summed E-state index contributed by atoms with van der Waals surface area (Å²) < 4.78 is 0. The largest absolute Gasteiger partial charge is 0.481 e. The number of hydrogen-bond acceptors (Lipinski definition) is 3. The quantitative estimate of drug-likeness (QED) is 0.296. The number of amides is 1. The number of hydrogen-bond donors (Lipinski definition) is 1. The molecule has 0 aliphatic rings. The van der Waals surface area contributed by atoms with Crippen LogP contribution in [0.15, 0.2) is 29.2 Å². The molecular formula is C23H37NO3S. The number of benzene rings is 1. The minimum Gasteiger partial charge on any atom is -0.481 e. The molecule has 5 heteroatoms. The fourth-order valence-corrected chi connectivity index (χ4v) is 4.13. The first-order chi connectivity index (χ1) is 13.5. The van der Waals surface area contributed by atoms with Gasteiger partial charge in [-0.1, -0.05) is 57.2 Å². The summed E-state index contributed by atoms with van der Waals surface area (Å²) in [5.74, 6) is -0.312. The molecule has 0 saturated carbocycles. The predicted octanol–water partition coefficient (Wildman–Crippen LogP) is 5.78. The van der Waals surface area contributed by atoms with Crippen LogP contribution < -0.4 is 0 Å². The van der Waals surface area contributed by atoms with Gasteiger partial charge in [0.1, 0.15) is 0 Å². The molecule has 0 aromatic heterocycles. The van der Waals surface area contributed by atoms with Crippen LogP contribution in [0.25, 0.3) is 0 Å². The van der Waals surface area contributed by atoms with Crippen LogP contribution in [-0.4, -0.2) is 40.7 Å². The third-order valence-electron chi connectivity index (χ3n) is 4.90. The van der Waals surface area contributed by atoms with E-state index in [4.69, 9.17) is 5.11 Å². The van der Waals surface area contributed by atoms with E-state index in [1.165, 1.54) is 5.56 Å². The Morgan fingerprint density at radius 1 is 1.00 bits per heavy atom. The van der Waals surface area contributed by atoms with Gasteiger partial charge in [0, 0.05) is 36.1 Å². The molecular weight excluding hydrogens is 370 g/mol. The van der Waals surface area contributed by atoms with E-state index in [0.717, 1.165) is 56.5 Å². The Morgan fingerprint density at radius 3 is 2.07 bits per heavy atom. The van der Waals surface area contributed by atoms with Gasteiger partial charge < -0.3 is 10.0 Å². The standard InChI is InChI=1S/C23H37NO3S/c1-4-6-8-16-24(17-9-7-5-2)23(27)20(12-15-22(25)26)18-28-21-13-10-19(3)11-14-21/h10-11,13-14,20H,4-9,12,15-18H2,1-3H3,(H,25,26). The van der Waals surface area contributed by atoms with E-state index in [1.54, 1.807) is 11.8 Å². The molecule has 0 fully saturated rings. The monoisotopic (exact) mass is 407 g/mol. The van der Waals surface area contributed by atoms with Crippen LogP contribution in [0.1, 0.15) is 70.8 Å². The summed E-state index contributed by atoms with van der Waals surface area (Å²) in [6.07, 6.45) is 6.99. The van der Waals surface area contributed by atoms with Crippen molar-refractivity contribution >= 4 is 23.6 Å². The predicted molar refractivity (Wildman–Crippen MR) is 118 cm³/mol. The van der Waals surface area contributed by atoms with E-state index in [0.29, 0.717) is 12.2 Å². The van der Waals surface area contributed by atoms with Crippen molar-refractivity contribution in [2.45, 2.75) is 77.0 Å². The second-order valence-corrected chi connectivity index (χ2v) is 8.59. The van der Waals surface area contributed by atoms with Gasteiger partial charge in [0.05, 0.1) is 0 Å². The van der Waals surface area contributed by atoms with Gasteiger partial charge in [-0.2, -0.15) is 0 Å². The first kappa shape index (κ1) is 24.5. The van der Waals surface area contributed by atoms with Crippen molar-refractivity contribution in [2.24, 2.45) is 5.92 Å². The molecule has 0 aliphatic carbocycles. The smallest absolute Gasteiger partial charge is 0.303 e. The van der Waals surface area contributed by atoms with E-state index < -0.39 is 5.97 Å². The molecule has 0 saturated heterocycles. The van der Waals surface area contributed by atoms with Crippen molar-refractivity contribution in [3.05, 3.63) is 29.8 Å². The van der Waals surface area contributed by atoms with Crippen LogP contribution in [-0.2, 0) is 9.59 Å². The normalized spacial score (nSPS) is 12.0. The molecule has 1 unspecified atom stereocenters. The second kappa shape index (κ2) is 14.5. The third kappa shape index (κ3) is 10.2. The van der Waals surface area contributed by atoms with Crippen LogP contribution in [0.4, 0.5) is 0 Å². The lowest BCUT2D eigenvalue weighted by atomic mass is 10.0. The van der Waals surface area contributed by atoms with Crippen LogP contribution in [0, 0.1) is 12.8 Å². The molecule has 1 atom stereocenters. The highest BCUT2D eigenvalue weighted by molar-refractivity contribution is 7.99.